The van der Waals surface area contributed by atoms with Gasteiger partial charge < -0.3 is 5.11 Å². The number of nitrogens with zero attached hydrogens (tertiary/aromatic N) is 1. The zero-order valence-corrected chi connectivity index (χ0v) is 16.8. The van der Waals surface area contributed by atoms with Gasteiger partial charge in [0, 0.05) is 12.8 Å². The first-order chi connectivity index (χ1) is 13.6. The van der Waals surface area contributed by atoms with Crippen molar-refractivity contribution < 1.29 is 9.94 Å². The SMILES string of the molecule is OC[C@@]1(Cc2ccccc2)C[C@H](c2cccc(Cl)c2Cl)N(c2ccccc2)O1. The van der Waals surface area contributed by atoms with Crippen LogP contribution in [-0.4, -0.2) is 17.3 Å². The molecule has 3 aromatic rings. The van der Waals surface area contributed by atoms with Gasteiger partial charge >= 0.3 is 0 Å². The quantitative estimate of drug-likeness (QED) is 0.569. The minimum atomic E-state index is -0.743. The lowest BCUT2D eigenvalue weighted by Gasteiger charge is -2.28. The molecule has 0 spiro atoms. The van der Waals surface area contributed by atoms with E-state index < -0.39 is 5.60 Å². The Labute approximate surface area is 175 Å². The van der Waals surface area contributed by atoms with Gasteiger partial charge in [-0.3, -0.25) is 4.84 Å². The predicted molar refractivity (Wildman–Crippen MR) is 114 cm³/mol. The number of aliphatic hydroxyl groups excluding tert-OH is 1. The Hall–Kier alpha value is -2.04. The van der Waals surface area contributed by atoms with E-state index in [4.69, 9.17) is 28.0 Å². The van der Waals surface area contributed by atoms with E-state index in [-0.39, 0.29) is 12.6 Å². The minimum absolute atomic E-state index is 0.0973. The van der Waals surface area contributed by atoms with Gasteiger partial charge in [0.05, 0.1) is 28.4 Å². The van der Waals surface area contributed by atoms with Crippen LogP contribution in [0.2, 0.25) is 10.0 Å². The molecule has 0 aromatic heterocycles. The molecule has 0 saturated carbocycles. The molecule has 0 amide bonds. The highest BCUT2D eigenvalue weighted by Crippen LogP contribution is 2.47. The summed E-state index contributed by atoms with van der Waals surface area (Å²) >= 11 is 12.8. The van der Waals surface area contributed by atoms with Crippen molar-refractivity contribution >= 4 is 28.9 Å². The number of para-hydroxylation sites is 1. The van der Waals surface area contributed by atoms with Gasteiger partial charge in [0.2, 0.25) is 0 Å². The van der Waals surface area contributed by atoms with Gasteiger partial charge in [-0.2, -0.15) is 0 Å². The topological polar surface area (TPSA) is 32.7 Å². The summed E-state index contributed by atoms with van der Waals surface area (Å²) in [6.07, 6.45) is 1.19. The second kappa shape index (κ2) is 8.14. The molecule has 1 heterocycles. The lowest BCUT2D eigenvalue weighted by atomic mass is 9.87. The molecule has 0 unspecified atom stereocenters. The lowest BCUT2D eigenvalue weighted by molar-refractivity contribution is -0.0509. The number of halogens is 2. The standard InChI is InChI=1S/C23H21Cl2NO2/c24-20-13-7-12-19(22(20)25)21-15-23(16-27,14-17-8-3-1-4-9-17)28-26(21)18-10-5-2-6-11-18/h1-13,21,27H,14-16H2/t21-,23-/m1/s1. The van der Waals surface area contributed by atoms with Crippen LogP contribution in [0.5, 0.6) is 0 Å². The molecule has 2 atom stereocenters. The molecule has 28 heavy (non-hydrogen) atoms. The molecule has 3 aromatic carbocycles. The van der Waals surface area contributed by atoms with E-state index in [9.17, 15) is 5.11 Å². The summed E-state index contributed by atoms with van der Waals surface area (Å²) in [6.45, 7) is -0.0973. The Morgan fingerprint density at radius 2 is 1.61 bits per heavy atom. The van der Waals surface area contributed by atoms with Crippen LogP contribution < -0.4 is 5.06 Å². The average molecular weight is 414 g/mol. The van der Waals surface area contributed by atoms with Crippen molar-refractivity contribution in [2.45, 2.75) is 24.5 Å². The molecular formula is C23H21Cl2NO2. The maximum Gasteiger partial charge on any atom is 0.126 e. The van der Waals surface area contributed by atoms with Gasteiger partial charge in [-0.05, 0) is 29.3 Å². The predicted octanol–water partition coefficient (Wildman–Crippen LogP) is 5.85. The maximum absolute atomic E-state index is 10.3. The Morgan fingerprint density at radius 3 is 2.29 bits per heavy atom. The smallest absolute Gasteiger partial charge is 0.126 e. The molecule has 1 N–H and O–H groups in total. The van der Waals surface area contributed by atoms with E-state index in [0.717, 1.165) is 16.8 Å². The third kappa shape index (κ3) is 3.76. The first-order valence-electron chi connectivity index (χ1n) is 9.24. The highest BCUT2D eigenvalue weighted by atomic mass is 35.5. The highest BCUT2D eigenvalue weighted by Gasteiger charge is 2.47. The third-order valence-electron chi connectivity index (χ3n) is 5.15. The highest BCUT2D eigenvalue weighted by molar-refractivity contribution is 6.42. The van der Waals surface area contributed by atoms with Crippen molar-refractivity contribution in [1.82, 2.24) is 0 Å². The number of rotatable bonds is 5. The number of benzene rings is 3. The summed E-state index contributed by atoms with van der Waals surface area (Å²) in [4.78, 5) is 6.43. The van der Waals surface area contributed by atoms with Crippen LogP contribution in [0, 0.1) is 0 Å². The fourth-order valence-corrected chi connectivity index (χ4v) is 4.22. The third-order valence-corrected chi connectivity index (χ3v) is 5.98. The van der Waals surface area contributed by atoms with Crippen molar-refractivity contribution in [3.05, 3.63) is 100 Å². The van der Waals surface area contributed by atoms with Crippen molar-refractivity contribution in [2.75, 3.05) is 11.7 Å². The largest absolute Gasteiger partial charge is 0.393 e. The van der Waals surface area contributed by atoms with Crippen LogP contribution in [-0.2, 0) is 11.3 Å². The summed E-state index contributed by atoms with van der Waals surface area (Å²) < 4.78 is 0. The van der Waals surface area contributed by atoms with Gasteiger partial charge in [0.1, 0.15) is 5.60 Å². The van der Waals surface area contributed by atoms with E-state index in [0.29, 0.717) is 22.9 Å². The molecule has 0 bridgehead atoms. The van der Waals surface area contributed by atoms with E-state index in [2.05, 4.69) is 0 Å². The van der Waals surface area contributed by atoms with Gasteiger partial charge in [-0.15, -0.1) is 0 Å². The summed E-state index contributed by atoms with van der Waals surface area (Å²) in [5.74, 6) is 0. The molecule has 5 heteroatoms. The molecule has 4 rings (SSSR count). The summed E-state index contributed by atoms with van der Waals surface area (Å²) in [5, 5.41) is 13.2. The molecule has 144 valence electrons. The summed E-state index contributed by atoms with van der Waals surface area (Å²) in [5.41, 5.74) is 2.17. The fraction of sp³-hybridized carbons (Fsp3) is 0.217. The van der Waals surface area contributed by atoms with Crippen molar-refractivity contribution in [3.63, 3.8) is 0 Å². The summed E-state index contributed by atoms with van der Waals surface area (Å²) in [7, 11) is 0. The second-order valence-corrected chi connectivity index (χ2v) is 7.90. The first kappa shape index (κ1) is 19.3. The molecule has 0 aliphatic carbocycles. The number of hydrogen-bond acceptors (Lipinski definition) is 3. The Bertz CT molecular complexity index is 936. The van der Waals surface area contributed by atoms with Crippen LogP contribution in [0.15, 0.2) is 78.9 Å². The van der Waals surface area contributed by atoms with E-state index in [1.807, 2.05) is 77.9 Å². The van der Waals surface area contributed by atoms with Crippen LogP contribution in [0.4, 0.5) is 5.69 Å². The number of hydroxylamine groups is 1. The van der Waals surface area contributed by atoms with E-state index >= 15 is 0 Å². The van der Waals surface area contributed by atoms with Crippen LogP contribution >= 0.6 is 23.2 Å². The molecule has 1 aliphatic heterocycles. The number of aliphatic hydroxyl groups is 1. The van der Waals surface area contributed by atoms with Gasteiger partial charge in [-0.25, -0.2) is 5.06 Å². The average Bonchev–Trinajstić information content (AvgIpc) is 3.11. The van der Waals surface area contributed by atoms with Crippen molar-refractivity contribution in [3.8, 4) is 0 Å². The molecule has 0 radical (unpaired) electrons. The Morgan fingerprint density at radius 1 is 0.929 bits per heavy atom. The van der Waals surface area contributed by atoms with Crippen molar-refractivity contribution in [1.29, 1.82) is 0 Å². The van der Waals surface area contributed by atoms with Crippen LogP contribution in [0.3, 0.4) is 0 Å². The van der Waals surface area contributed by atoms with Crippen molar-refractivity contribution in [2.24, 2.45) is 0 Å². The fourth-order valence-electron chi connectivity index (χ4n) is 3.79. The van der Waals surface area contributed by atoms with Gasteiger partial charge in [0.15, 0.2) is 0 Å². The van der Waals surface area contributed by atoms with Crippen LogP contribution in [0.1, 0.15) is 23.6 Å². The number of anilines is 1. The van der Waals surface area contributed by atoms with E-state index in [1.54, 1.807) is 6.07 Å². The monoisotopic (exact) mass is 413 g/mol. The zero-order valence-electron chi connectivity index (χ0n) is 15.3. The van der Waals surface area contributed by atoms with Crippen LogP contribution in [0.25, 0.3) is 0 Å². The summed E-state index contributed by atoms with van der Waals surface area (Å²) in [6, 6.07) is 25.4. The minimum Gasteiger partial charge on any atom is -0.393 e. The Kier molecular flexibility index (Phi) is 5.61. The lowest BCUT2D eigenvalue weighted by Crippen LogP contribution is -2.37. The number of hydrogen-bond donors (Lipinski definition) is 1. The molecular weight excluding hydrogens is 393 g/mol. The van der Waals surface area contributed by atoms with Gasteiger partial charge in [-0.1, -0.05) is 83.9 Å². The Balaban J connectivity index is 1.75. The second-order valence-electron chi connectivity index (χ2n) is 7.12. The molecule has 1 fully saturated rings. The maximum atomic E-state index is 10.3. The first-order valence-corrected chi connectivity index (χ1v) is 10.00. The molecule has 1 saturated heterocycles. The zero-order chi connectivity index (χ0) is 19.6. The molecule has 3 nitrogen and oxygen atoms in total. The molecule has 1 aliphatic rings. The van der Waals surface area contributed by atoms with E-state index in [1.165, 1.54) is 0 Å². The normalized spacial score (nSPS) is 21.8. The van der Waals surface area contributed by atoms with Gasteiger partial charge in [0.25, 0.3) is 0 Å².